The summed E-state index contributed by atoms with van der Waals surface area (Å²) < 4.78 is 4.12. The predicted molar refractivity (Wildman–Crippen MR) is 53.4 cm³/mol. The van der Waals surface area contributed by atoms with E-state index in [4.69, 9.17) is 0 Å². The minimum atomic E-state index is -0.877. The number of benzene rings is 1. The van der Waals surface area contributed by atoms with Crippen LogP contribution in [-0.4, -0.2) is 66.4 Å². The van der Waals surface area contributed by atoms with Crippen LogP contribution in [0.1, 0.15) is 0 Å². The molecule has 0 saturated heterocycles. The molecule has 0 saturated carbocycles. The summed E-state index contributed by atoms with van der Waals surface area (Å²) >= 11 is 0. The molecule has 0 aliphatic rings. The summed E-state index contributed by atoms with van der Waals surface area (Å²) in [7, 11) is 0. The molecule has 0 radical (unpaired) electrons. The number of hydrogen-bond acceptors (Lipinski definition) is 7. The van der Waals surface area contributed by atoms with E-state index in [0.717, 1.165) is 6.07 Å². The number of rotatable bonds is 2. The van der Waals surface area contributed by atoms with Crippen LogP contribution in [-0.2, 0) is 0 Å². The van der Waals surface area contributed by atoms with E-state index in [2.05, 4.69) is 9.79 Å². The number of nitro groups is 2. The topological polar surface area (TPSA) is 139 Å². The summed E-state index contributed by atoms with van der Waals surface area (Å²) in [5, 5.41) is 35.2. The van der Waals surface area contributed by atoms with Crippen LogP contribution in [0.2, 0.25) is 0 Å². The van der Waals surface area contributed by atoms with E-state index in [-0.39, 0.29) is 67.3 Å². The first-order valence-corrected chi connectivity index (χ1v) is 3.83. The molecule has 0 spiro atoms. The van der Waals surface area contributed by atoms with Gasteiger partial charge in [0.25, 0.3) is 5.69 Å². The first-order chi connectivity index (χ1) is 7.50. The van der Waals surface area contributed by atoms with Crippen LogP contribution in [0.3, 0.4) is 0 Å². The second-order valence-electron chi connectivity index (χ2n) is 2.78. The van der Waals surface area contributed by atoms with Crippen molar-refractivity contribution in [1.82, 2.24) is 5.16 Å². The average Bonchev–Trinajstić information content (AvgIpc) is 2.59. The SMILES string of the molecule is O=[N+]([O-])c1cc([N+](=O)[O-])c2no[n+]([O-])c2c1.[KH]. The standard InChI is InChI=1S/C6H2N4O6.K.H/c11-8(12)3-1-4(9(13)14)6-5(2-3)10(15)16-7-6;;/h1-2H;;. The third-order valence-electron chi connectivity index (χ3n) is 1.86. The molecule has 1 aromatic heterocycles. The van der Waals surface area contributed by atoms with E-state index in [1.807, 2.05) is 0 Å². The molecule has 0 amide bonds. The van der Waals surface area contributed by atoms with Crippen molar-refractivity contribution in [2.45, 2.75) is 0 Å². The first-order valence-electron chi connectivity index (χ1n) is 3.83. The van der Waals surface area contributed by atoms with Gasteiger partial charge in [0.15, 0.2) is 0 Å². The molecule has 0 aliphatic heterocycles. The summed E-state index contributed by atoms with van der Waals surface area (Å²) in [6, 6.07) is 1.57. The summed E-state index contributed by atoms with van der Waals surface area (Å²) in [6.45, 7) is 0. The minimum absolute atomic E-state index is 0. The van der Waals surface area contributed by atoms with Gasteiger partial charge in [-0.05, 0) is 4.90 Å². The van der Waals surface area contributed by atoms with Crippen molar-refractivity contribution in [3.05, 3.63) is 37.6 Å². The van der Waals surface area contributed by atoms with Crippen molar-refractivity contribution in [1.29, 1.82) is 0 Å². The molecular weight excluding hydrogens is 263 g/mol. The molecule has 2 rings (SSSR count). The normalized spacial score (nSPS) is 9.88. The molecule has 11 heteroatoms. The molecular formula is C6H3KN4O6. The average molecular weight is 266 g/mol. The van der Waals surface area contributed by atoms with Crippen LogP contribution in [0.15, 0.2) is 16.8 Å². The van der Waals surface area contributed by atoms with Gasteiger partial charge in [-0.15, -0.1) is 0 Å². The van der Waals surface area contributed by atoms with Gasteiger partial charge in [-0.2, -0.15) is 0 Å². The summed E-state index contributed by atoms with van der Waals surface area (Å²) in [6.07, 6.45) is 0. The van der Waals surface area contributed by atoms with Crippen LogP contribution >= 0.6 is 0 Å². The zero-order valence-corrected chi connectivity index (χ0v) is 7.39. The van der Waals surface area contributed by atoms with E-state index in [1.165, 1.54) is 0 Å². The van der Waals surface area contributed by atoms with Gasteiger partial charge < -0.3 is 5.21 Å². The van der Waals surface area contributed by atoms with Crippen LogP contribution in [0.5, 0.6) is 0 Å². The number of nitro benzene ring substituents is 2. The van der Waals surface area contributed by atoms with Crippen molar-refractivity contribution in [2.75, 3.05) is 0 Å². The summed E-state index contributed by atoms with van der Waals surface area (Å²) in [4.78, 5) is 19.2. The fourth-order valence-corrected chi connectivity index (χ4v) is 1.19. The van der Waals surface area contributed by atoms with E-state index < -0.39 is 21.2 Å². The zero-order chi connectivity index (χ0) is 11.9. The van der Waals surface area contributed by atoms with E-state index in [1.54, 1.807) is 0 Å². The second-order valence-corrected chi connectivity index (χ2v) is 2.78. The molecule has 0 unspecified atom stereocenters. The van der Waals surface area contributed by atoms with Crippen LogP contribution < -0.4 is 4.90 Å². The van der Waals surface area contributed by atoms with Crippen molar-refractivity contribution >= 4 is 73.8 Å². The van der Waals surface area contributed by atoms with Gasteiger partial charge >= 0.3 is 62.6 Å². The molecule has 0 bridgehead atoms. The van der Waals surface area contributed by atoms with Gasteiger partial charge in [0.1, 0.15) is 0 Å². The third kappa shape index (κ3) is 2.42. The summed E-state index contributed by atoms with van der Waals surface area (Å²) in [5.41, 5.74) is -1.92. The zero-order valence-electron chi connectivity index (χ0n) is 7.39. The Bertz CT molecular complexity index is 610. The Morgan fingerprint density at radius 1 is 1.24 bits per heavy atom. The van der Waals surface area contributed by atoms with Gasteiger partial charge in [-0.1, -0.05) is 0 Å². The Kier molecular flexibility index (Phi) is 4.10. The molecule has 10 nitrogen and oxygen atoms in total. The molecule has 84 valence electrons. The molecule has 1 heterocycles. The number of fused-ring (bicyclic) bond motifs is 1. The fourth-order valence-electron chi connectivity index (χ4n) is 1.19. The van der Waals surface area contributed by atoms with E-state index >= 15 is 0 Å². The Morgan fingerprint density at radius 2 is 1.88 bits per heavy atom. The molecule has 0 fully saturated rings. The van der Waals surface area contributed by atoms with Crippen LogP contribution in [0, 0.1) is 25.4 Å². The number of aromatic nitrogens is 2. The molecule has 0 aliphatic carbocycles. The van der Waals surface area contributed by atoms with Gasteiger partial charge in [0.05, 0.1) is 27.1 Å². The first kappa shape index (κ1) is 13.9. The van der Waals surface area contributed by atoms with Crippen molar-refractivity contribution in [3.63, 3.8) is 0 Å². The second kappa shape index (κ2) is 5.01. The Morgan fingerprint density at radius 3 is 2.41 bits per heavy atom. The number of hydrogen-bond donors (Lipinski definition) is 0. The van der Waals surface area contributed by atoms with Crippen LogP contribution in [0.4, 0.5) is 11.4 Å². The van der Waals surface area contributed by atoms with E-state index in [9.17, 15) is 25.4 Å². The van der Waals surface area contributed by atoms with Crippen molar-refractivity contribution in [3.8, 4) is 0 Å². The quantitative estimate of drug-likeness (QED) is 0.312. The molecule has 0 atom stereocenters. The molecule has 0 N–H and O–H groups in total. The number of non-ortho nitro benzene ring substituents is 2. The number of nitrogens with zero attached hydrogens (tertiary/aromatic N) is 4. The Labute approximate surface area is 134 Å². The fraction of sp³-hybridized carbons (Fsp3) is 0. The Balaban J connectivity index is 0.00000144. The monoisotopic (exact) mass is 266 g/mol. The molecule has 2 aromatic rings. The summed E-state index contributed by atoms with van der Waals surface area (Å²) in [5.74, 6) is 0. The Hall–Kier alpha value is -1.14. The van der Waals surface area contributed by atoms with Crippen molar-refractivity contribution in [2.24, 2.45) is 0 Å². The van der Waals surface area contributed by atoms with Crippen molar-refractivity contribution < 1.29 is 19.4 Å². The predicted octanol–water partition coefficient (Wildman–Crippen LogP) is -0.371. The van der Waals surface area contributed by atoms with Gasteiger partial charge in [0.2, 0.25) is 5.52 Å². The maximum atomic E-state index is 11.0. The maximum absolute atomic E-state index is 11.0. The van der Waals surface area contributed by atoms with Gasteiger partial charge in [-0.25, -0.2) is 0 Å². The van der Waals surface area contributed by atoms with Gasteiger partial charge in [-0.3, -0.25) is 24.9 Å². The molecule has 17 heavy (non-hydrogen) atoms. The molecule has 1 aromatic carbocycles. The van der Waals surface area contributed by atoms with Gasteiger partial charge in [0, 0.05) is 0 Å². The van der Waals surface area contributed by atoms with E-state index in [0.29, 0.717) is 6.07 Å². The third-order valence-corrected chi connectivity index (χ3v) is 1.86. The van der Waals surface area contributed by atoms with Crippen LogP contribution in [0.25, 0.3) is 11.0 Å².